The Morgan fingerprint density at radius 2 is 0.836 bits per heavy atom. The molecule has 0 aromatic carbocycles. The van der Waals surface area contributed by atoms with Gasteiger partial charge < -0.3 is 105 Å². The lowest BCUT2D eigenvalue weighted by molar-refractivity contribution is -0.146. The van der Waals surface area contributed by atoms with Gasteiger partial charge in [-0.25, -0.2) is 4.79 Å². The first kappa shape index (κ1) is 108. The minimum absolute atomic E-state index is 0.00594. The van der Waals surface area contributed by atoms with Gasteiger partial charge in [-0.15, -0.1) is 0 Å². The molecular formula is C76H132N22O24. The van der Waals surface area contributed by atoms with Crippen LogP contribution in [0.3, 0.4) is 0 Å². The summed E-state index contributed by atoms with van der Waals surface area (Å²) in [7, 11) is 2.83. The molecule has 0 spiro atoms. The maximum atomic E-state index is 14.2. The van der Waals surface area contributed by atoms with E-state index < -0.39 is 173 Å². The summed E-state index contributed by atoms with van der Waals surface area (Å²) < 4.78 is 20.0. The van der Waals surface area contributed by atoms with E-state index in [0.29, 0.717) is 51.4 Å². The summed E-state index contributed by atoms with van der Waals surface area (Å²) in [5.41, 5.74) is 38.2. The van der Waals surface area contributed by atoms with Gasteiger partial charge in [0.15, 0.2) is 0 Å². The zero-order valence-electron chi connectivity index (χ0n) is 70.4. The average molecular weight is 1740 g/mol. The number of methoxy groups -OCH3 is 2. The highest BCUT2D eigenvalue weighted by atomic mass is 16.6. The molecule has 8 atom stereocenters. The van der Waals surface area contributed by atoms with Gasteiger partial charge in [-0.3, -0.25) is 124 Å². The van der Waals surface area contributed by atoms with Gasteiger partial charge in [-0.2, -0.15) is 0 Å². The number of alkyl carbamates (subject to hydrolysis) is 1. The van der Waals surface area contributed by atoms with Crippen molar-refractivity contribution < 1.29 is 115 Å². The van der Waals surface area contributed by atoms with Crippen LogP contribution in [0.2, 0.25) is 0 Å². The van der Waals surface area contributed by atoms with E-state index in [4.69, 9.17) is 65.0 Å². The van der Waals surface area contributed by atoms with Crippen LogP contribution in [0.25, 0.3) is 0 Å². The van der Waals surface area contributed by atoms with Gasteiger partial charge in [0.05, 0.1) is 75.6 Å². The largest absolute Gasteiger partial charge is 0.463 e. The molecule has 0 saturated carbocycles. The third-order valence-electron chi connectivity index (χ3n) is 20.0. The SMILES string of the molecule is COCCOC(=O)CCCC(=O)N(CCC(=O)CCCCC[C@H](N[C@@H](CCCCN)C(=O)C(=O)[C@@H]1CCCN1C(=O)[C@H](CCC(N)=O)NC(=O)CNC(=O)CNN)C(N)=O)CCN(CCC(=O)NCCCC[C@H](N[C@@H](CCCCN)C(=O)C(=O)[C@@H]1CCCN1C(=O)[C@H](CCC(N)=O)NC(=O)CNC(=O)CNN)C(N)=O)C(=O)CCNC(=O)OCCOC. The van der Waals surface area contributed by atoms with E-state index in [1.165, 1.54) is 24.0 Å². The van der Waals surface area contributed by atoms with Crippen LogP contribution in [0.4, 0.5) is 4.79 Å². The number of nitrogens with one attached hydrogen (secondary N) is 10. The van der Waals surface area contributed by atoms with Crippen LogP contribution in [0.5, 0.6) is 0 Å². The predicted molar refractivity (Wildman–Crippen MR) is 436 cm³/mol. The molecule has 122 heavy (non-hydrogen) atoms. The number of carbonyl (C=O) groups is 20. The quantitative estimate of drug-likeness (QED) is 0.00884. The second-order valence-corrected chi connectivity index (χ2v) is 29.4. The molecule has 0 bridgehead atoms. The molecule has 690 valence electrons. The minimum atomic E-state index is -1.38. The Hall–Kier alpha value is -10.2. The molecule has 2 aliphatic heterocycles. The third-order valence-corrected chi connectivity index (χ3v) is 20.0. The molecular weight excluding hydrogens is 1600 g/mol. The number of hydrogen-bond donors (Lipinski definition) is 18. The van der Waals surface area contributed by atoms with Gasteiger partial charge in [0.2, 0.25) is 99.9 Å². The molecule has 0 unspecified atom stereocenters. The fourth-order valence-corrected chi connectivity index (χ4v) is 13.4. The van der Waals surface area contributed by atoms with Gasteiger partial charge in [-0.05, 0) is 116 Å². The van der Waals surface area contributed by atoms with Crippen LogP contribution < -0.4 is 99.5 Å². The Labute approximate surface area is 709 Å². The molecule has 26 N–H and O–H groups in total. The van der Waals surface area contributed by atoms with Crippen molar-refractivity contribution in [2.45, 2.75) is 228 Å². The number of amides is 14. The van der Waals surface area contributed by atoms with Crippen molar-refractivity contribution in [3.05, 3.63) is 0 Å². The number of ketones is 5. The first-order chi connectivity index (χ1) is 58.3. The fourth-order valence-electron chi connectivity index (χ4n) is 13.4. The molecule has 0 aromatic heterocycles. The zero-order chi connectivity index (χ0) is 90.9. The lowest BCUT2D eigenvalue weighted by Crippen LogP contribution is -2.56. The van der Waals surface area contributed by atoms with E-state index in [0.717, 1.165) is 9.80 Å². The predicted octanol–water partition coefficient (Wildman–Crippen LogP) is -7.85. The van der Waals surface area contributed by atoms with E-state index in [1.54, 1.807) is 0 Å². The number of nitrogens with zero attached hydrogens (tertiary/aromatic N) is 4. The monoisotopic (exact) mass is 1740 g/mol. The Kier molecular flexibility index (Phi) is 55.6. The van der Waals surface area contributed by atoms with Crippen LogP contribution in [0.1, 0.15) is 180 Å². The fraction of sp³-hybridized carbons (Fsp3) is 0.737. The Bertz CT molecular complexity index is 3220. The number of likely N-dealkylation sites (tertiary alicyclic amines) is 2. The summed E-state index contributed by atoms with van der Waals surface area (Å²) >= 11 is 0. The van der Waals surface area contributed by atoms with Crippen molar-refractivity contribution in [2.24, 2.45) is 46.1 Å². The van der Waals surface area contributed by atoms with Crippen molar-refractivity contribution in [3.8, 4) is 0 Å². The van der Waals surface area contributed by atoms with Crippen molar-refractivity contribution >= 4 is 118 Å². The van der Waals surface area contributed by atoms with Crippen molar-refractivity contribution in [1.29, 1.82) is 0 Å². The van der Waals surface area contributed by atoms with Crippen molar-refractivity contribution in [2.75, 3.05) is 132 Å². The summed E-state index contributed by atoms with van der Waals surface area (Å²) in [4.78, 5) is 269. The van der Waals surface area contributed by atoms with Gasteiger partial charge in [0.25, 0.3) is 0 Å². The van der Waals surface area contributed by atoms with Gasteiger partial charge >= 0.3 is 12.1 Å². The van der Waals surface area contributed by atoms with Gasteiger partial charge in [-0.1, -0.05) is 25.7 Å². The Morgan fingerprint density at radius 1 is 0.393 bits per heavy atom. The van der Waals surface area contributed by atoms with E-state index >= 15 is 0 Å². The normalized spacial score (nSPS) is 15.0. The molecule has 0 aromatic rings. The summed E-state index contributed by atoms with van der Waals surface area (Å²) in [5, 5.41) is 20.7. The highest BCUT2D eigenvalue weighted by Crippen LogP contribution is 2.25. The number of hydrogen-bond acceptors (Lipinski definition) is 32. The molecule has 46 heteroatoms. The first-order valence-corrected chi connectivity index (χ1v) is 41.5. The van der Waals surface area contributed by atoms with Crippen LogP contribution in [-0.4, -0.2) is 318 Å². The van der Waals surface area contributed by atoms with Crippen LogP contribution in [0, 0.1) is 0 Å². The summed E-state index contributed by atoms with van der Waals surface area (Å²) in [6.07, 6.45) is 0.842. The van der Waals surface area contributed by atoms with E-state index in [-0.39, 0.29) is 239 Å². The maximum Gasteiger partial charge on any atom is 0.407 e. The number of ether oxygens (including phenoxy) is 4. The third kappa shape index (κ3) is 44.6. The Balaban J connectivity index is 2.27. The smallest absolute Gasteiger partial charge is 0.407 e. The highest BCUT2D eigenvalue weighted by Gasteiger charge is 2.44. The van der Waals surface area contributed by atoms with E-state index in [2.05, 4.69) is 53.4 Å². The molecule has 2 aliphatic rings. The van der Waals surface area contributed by atoms with Crippen molar-refractivity contribution in [1.82, 2.24) is 73.0 Å². The van der Waals surface area contributed by atoms with Crippen LogP contribution in [0.15, 0.2) is 0 Å². The zero-order valence-corrected chi connectivity index (χ0v) is 70.4. The topological polar surface area (TPSA) is 720 Å². The number of nitrogens with two attached hydrogens (primary N) is 8. The van der Waals surface area contributed by atoms with Gasteiger partial charge in [0, 0.05) is 118 Å². The second kappa shape index (κ2) is 62.8. The number of Topliss-reactive ketones (excluding diaryl/α,β-unsaturated/α-hetero) is 5. The number of carbonyl (C=O) groups excluding carboxylic acids is 20. The summed E-state index contributed by atoms with van der Waals surface area (Å²) in [5.74, 6) is -3.64. The summed E-state index contributed by atoms with van der Waals surface area (Å²) in [6, 6.07) is -10.2. The van der Waals surface area contributed by atoms with Crippen LogP contribution in [-0.2, 0) is 110 Å². The molecule has 2 rings (SSSR count). The van der Waals surface area contributed by atoms with Crippen molar-refractivity contribution in [3.63, 3.8) is 0 Å². The van der Waals surface area contributed by atoms with E-state index in [9.17, 15) is 95.9 Å². The standard InChI is InChI=1S/C76H132N22O24/c1-119-41-43-121-67(109)23-12-22-65(107)95(37-29-49(99)15-4-3-5-18-52(72(81)114)91-50(16-6-9-31-77)68(110)70(112)56-20-13-35-97(56)74(116)54(24-26-58(79)100)93-63(105)45-87-61(103)47-89-83)39-40-96(66(108)28-34-86-76(118)122-44-42-120-2)38-30-60(102)85-33-11-8-19-53(73(82)115)92-51(17-7-10-32-78)69(111)71(113)57-21-14-36-98(57)75(117)55(25-27-59(80)101)94-64(106)46-88-62(104)48-90-84/h50-57,89-92H,3-48,77-78,83-84H2,1-2H3,(H2,79,100)(H2,80,101)(H2,81,114)(H2,82,115)(H,85,102)(H,86,118)(H,87,103)(H,88,104)(H,93,105)(H,94,106)/t50-,51-,52-,53-,54-,55-,56-,57-/m0/s1. The maximum absolute atomic E-state index is 14.2. The molecule has 0 radical (unpaired) electrons. The number of hydrazine groups is 2. The lowest BCUT2D eigenvalue weighted by atomic mass is 9.95. The molecule has 2 saturated heterocycles. The number of primary amides is 4. The molecule has 2 fully saturated rings. The Morgan fingerprint density at radius 3 is 1.29 bits per heavy atom. The number of rotatable bonds is 71. The number of unbranched alkanes of at least 4 members (excludes halogenated alkanes) is 5. The lowest BCUT2D eigenvalue weighted by Gasteiger charge is -2.29. The second-order valence-electron chi connectivity index (χ2n) is 29.4. The van der Waals surface area contributed by atoms with Gasteiger partial charge in [0.1, 0.15) is 31.1 Å². The average Bonchev–Trinajstić information content (AvgIpc) is 1.65. The van der Waals surface area contributed by atoms with E-state index in [1.807, 2.05) is 0 Å². The molecule has 0 aliphatic carbocycles. The highest BCUT2D eigenvalue weighted by molar-refractivity contribution is 6.42. The first-order valence-electron chi connectivity index (χ1n) is 41.5. The molecule has 46 nitrogen and oxygen atoms in total. The summed E-state index contributed by atoms with van der Waals surface area (Å²) in [6.45, 7) is -1.98. The minimum Gasteiger partial charge on any atom is -0.463 e. The number of esters is 1. The molecule has 2 heterocycles. The molecule has 14 amide bonds. The van der Waals surface area contributed by atoms with Crippen LogP contribution >= 0.6 is 0 Å².